The fourth-order valence-electron chi connectivity index (χ4n) is 3.60. The number of carbonyl (C=O) groups is 2. The van der Waals surface area contributed by atoms with Crippen molar-refractivity contribution in [2.75, 3.05) is 10.6 Å². The van der Waals surface area contributed by atoms with Crippen LogP contribution in [0.1, 0.15) is 84.2 Å². The summed E-state index contributed by atoms with van der Waals surface area (Å²) >= 11 is 0. The molecule has 2 amide bonds. The maximum Gasteiger partial charge on any atom is 0.259 e. The lowest BCUT2D eigenvalue weighted by molar-refractivity contribution is 0.101. The highest BCUT2D eigenvalue weighted by Crippen LogP contribution is 2.28. The number of amides is 2. The lowest BCUT2D eigenvalue weighted by Crippen LogP contribution is -2.14. The van der Waals surface area contributed by atoms with E-state index in [1.165, 1.54) is 0 Å². The predicted molar refractivity (Wildman–Crippen MR) is 136 cm³/mol. The quantitative estimate of drug-likeness (QED) is 0.303. The normalized spacial score (nSPS) is 12.6. The number of hydrogen-bond acceptors (Lipinski definition) is 4. The van der Waals surface area contributed by atoms with Gasteiger partial charge in [-0.25, -0.2) is 0 Å². The molecule has 0 saturated heterocycles. The van der Waals surface area contributed by atoms with E-state index >= 15 is 0 Å². The second-order valence-corrected chi connectivity index (χ2v) is 8.66. The first-order valence-electron chi connectivity index (χ1n) is 11.6. The zero-order valence-electron chi connectivity index (χ0n) is 20.1. The topological polar surface area (TPSA) is 98.7 Å². The van der Waals surface area contributed by atoms with Crippen LogP contribution in [-0.4, -0.2) is 22.0 Å². The lowest BCUT2D eigenvalue weighted by Gasteiger charge is -2.13. The highest BCUT2D eigenvalue weighted by molar-refractivity contribution is 6.07. The van der Waals surface area contributed by atoms with Crippen molar-refractivity contribution >= 4 is 23.2 Å². The predicted octanol–water partition coefficient (Wildman–Crippen LogP) is 6.63. The van der Waals surface area contributed by atoms with E-state index in [9.17, 15) is 19.8 Å². The molecule has 6 heteroatoms. The minimum absolute atomic E-state index is 0.0571. The SMILES string of the molecule is CCC(C)c1ccc(C(=O)Nc2ccc(NC(=O)c3ccc(C(C)CC)cc3O)cc2)c(O)c1. The molecule has 34 heavy (non-hydrogen) atoms. The van der Waals surface area contributed by atoms with Gasteiger partial charge in [0.25, 0.3) is 11.8 Å². The first-order chi connectivity index (χ1) is 16.2. The van der Waals surface area contributed by atoms with Gasteiger partial charge in [0.1, 0.15) is 11.5 Å². The molecular formula is C28H32N2O4. The molecule has 0 fully saturated rings. The van der Waals surface area contributed by atoms with E-state index in [1.54, 1.807) is 48.5 Å². The molecule has 0 saturated carbocycles. The van der Waals surface area contributed by atoms with Gasteiger partial charge in [0.2, 0.25) is 0 Å². The Balaban J connectivity index is 1.65. The van der Waals surface area contributed by atoms with Crippen molar-refractivity contribution in [3.05, 3.63) is 82.9 Å². The molecular weight excluding hydrogens is 428 g/mol. The third-order valence-electron chi connectivity index (χ3n) is 6.30. The maximum absolute atomic E-state index is 12.6. The summed E-state index contributed by atoms with van der Waals surface area (Å²) in [6, 6.07) is 16.8. The molecule has 0 aliphatic carbocycles. The van der Waals surface area contributed by atoms with Gasteiger partial charge < -0.3 is 20.8 Å². The molecule has 0 heterocycles. The fourth-order valence-corrected chi connectivity index (χ4v) is 3.60. The smallest absolute Gasteiger partial charge is 0.259 e. The van der Waals surface area contributed by atoms with Crippen molar-refractivity contribution in [1.82, 2.24) is 0 Å². The molecule has 2 unspecified atom stereocenters. The van der Waals surface area contributed by atoms with Crippen LogP contribution in [0.15, 0.2) is 60.7 Å². The van der Waals surface area contributed by atoms with Gasteiger partial charge >= 0.3 is 0 Å². The molecule has 6 nitrogen and oxygen atoms in total. The Hall–Kier alpha value is -3.80. The van der Waals surface area contributed by atoms with Gasteiger partial charge in [0.15, 0.2) is 0 Å². The number of nitrogens with one attached hydrogen (secondary N) is 2. The second kappa shape index (κ2) is 10.9. The van der Waals surface area contributed by atoms with E-state index in [0.717, 1.165) is 24.0 Å². The Bertz CT molecular complexity index is 1080. The third kappa shape index (κ3) is 5.76. The number of rotatable bonds is 8. The molecule has 3 aromatic carbocycles. The van der Waals surface area contributed by atoms with Gasteiger partial charge in [-0.15, -0.1) is 0 Å². The second-order valence-electron chi connectivity index (χ2n) is 8.66. The summed E-state index contributed by atoms with van der Waals surface area (Å²) in [7, 11) is 0. The molecule has 3 rings (SSSR count). The van der Waals surface area contributed by atoms with Gasteiger partial charge in [-0.3, -0.25) is 9.59 Å². The number of benzene rings is 3. The summed E-state index contributed by atoms with van der Waals surface area (Å²) in [5, 5.41) is 26.1. The van der Waals surface area contributed by atoms with Gasteiger partial charge in [-0.05, 0) is 84.3 Å². The standard InChI is InChI=1S/C28H32N2O4/c1-5-17(3)19-7-13-23(25(31)15-19)27(33)29-21-9-11-22(12-10-21)30-28(34)24-14-8-20(16-26(24)32)18(4)6-2/h7-18,31-32H,5-6H2,1-4H3,(H,29,33)(H,30,34). The number of aromatic hydroxyl groups is 2. The molecule has 0 radical (unpaired) electrons. The summed E-state index contributed by atoms with van der Waals surface area (Å²) in [5.74, 6) is -0.361. The molecule has 0 aliphatic heterocycles. The van der Waals surface area contributed by atoms with E-state index in [-0.39, 0.29) is 22.6 Å². The number of phenols is 2. The lowest BCUT2D eigenvalue weighted by atomic mass is 9.97. The number of carbonyl (C=O) groups excluding carboxylic acids is 2. The van der Waals surface area contributed by atoms with Crippen molar-refractivity contribution in [1.29, 1.82) is 0 Å². The van der Waals surface area contributed by atoms with Crippen LogP contribution in [0.2, 0.25) is 0 Å². The van der Waals surface area contributed by atoms with Crippen LogP contribution in [0.4, 0.5) is 11.4 Å². The third-order valence-corrected chi connectivity index (χ3v) is 6.30. The average molecular weight is 461 g/mol. The summed E-state index contributed by atoms with van der Waals surface area (Å²) < 4.78 is 0. The number of hydrogen-bond donors (Lipinski definition) is 4. The van der Waals surface area contributed by atoms with Gasteiger partial charge in [0, 0.05) is 11.4 Å². The van der Waals surface area contributed by atoms with E-state index in [2.05, 4.69) is 38.3 Å². The van der Waals surface area contributed by atoms with Gasteiger partial charge in [-0.1, -0.05) is 39.8 Å². The van der Waals surface area contributed by atoms with E-state index in [4.69, 9.17) is 0 Å². The average Bonchev–Trinajstić information content (AvgIpc) is 2.83. The Morgan fingerprint density at radius 2 is 1.03 bits per heavy atom. The Morgan fingerprint density at radius 1 is 0.676 bits per heavy atom. The fraction of sp³-hybridized carbons (Fsp3) is 0.286. The molecule has 2 atom stereocenters. The van der Waals surface area contributed by atoms with Crippen molar-refractivity contribution in [3.8, 4) is 11.5 Å². The molecule has 178 valence electrons. The first kappa shape index (κ1) is 24.8. The Kier molecular flexibility index (Phi) is 7.95. The van der Waals surface area contributed by atoms with Crippen molar-refractivity contribution in [3.63, 3.8) is 0 Å². The van der Waals surface area contributed by atoms with E-state index in [1.807, 2.05) is 12.1 Å². The molecule has 0 aliphatic rings. The van der Waals surface area contributed by atoms with E-state index < -0.39 is 11.8 Å². The van der Waals surface area contributed by atoms with Crippen molar-refractivity contribution < 1.29 is 19.8 Å². The van der Waals surface area contributed by atoms with E-state index in [0.29, 0.717) is 23.2 Å². The summed E-state index contributed by atoms with van der Waals surface area (Å²) in [6.07, 6.45) is 1.88. The van der Waals surface area contributed by atoms with Crippen LogP contribution >= 0.6 is 0 Å². The summed E-state index contributed by atoms with van der Waals surface area (Å²) in [4.78, 5) is 25.2. The van der Waals surface area contributed by atoms with Crippen LogP contribution in [0.3, 0.4) is 0 Å². The molecule has 0 aromatic heterocycles. The minimum Gasteiger partial charge on any atom is -0.507 e. The zero-order valence-corrected chi connectivity index (χ0v) is 20.1. The Labute approximate surface area is 200 Å². The van der Waals surface area contributed by atoms with Crippen LogP contribution in [-0.2, 0) is 0 Å². The molecule has 0 spiro atoms. The number of phenolic OH excluding ortho intramolecular Hbond substituents is 2. The summed E-state index contributed by atoms with van der Waals surface area (Å²) in [5.41, 5.74) is 3.40. The highest BCUT2D eigenvalue weighted by Gasteiger charge is 2.15. The minimum atomic E-state index is -0.420. The monoisotopic (exact) mass is 460 g/mol. The number of anilines is 2. The van der Waals surface area contributed by atoms with Crippen LogP contribution in [0.25, 0.3) is 0 Å². The first-order valence-corrected chi connectivity index (χ1v) is 11.6. The molecule has 3 aromatic rings. The van der Waals surface area contributed by atoms with Crippen LogP contribution < -0.4 is 10.6 Å². The van der Waals surface area contributed by atoms with Gasteiger partial charge in [-0.2, -0.15) is 0 Å². The van der Waals surface area contributed by atoms with Crippen molar-refractivity contribution in [2.24, 2.45) is 0 Å². The largest absolute Gasteiger partial charge is 0.507 e. The van der Waals surface area contributed by atoms with Gasteiger partial charge in [0.05, 0.1) is 11.1 Å². The van der Waals surface area contributed by atoms with Crippen molar-refractivity contribution in [2.45, 2.75) is 52.4 Å². The Morgan fingerprint density at radius 3 is 1.32 bits per heavy atom. The zero-order chi connectivity index (χ0) is 24.8. The summed E-state index contributed by atoms with van der Waals surface area (Å²) in [6.45, 7) is 8.28. The maximum atomic E-state index is 12.6. The van der Waals surface area contributed by atoms with Crippen LogP contribution in [0.5, 0.6) is 11.5 Å². The molecule has 0 bridgehead atoms. The molecule has 4 N–H and O–H groups in total. The highest BCUT2D eigenvalue weighted by atomic mass is 16.3. The van der Waals surface area contributed by atoms with Crippen LogP contribution in [0, 0.1) is 0 Å².